The van der Waals surface area contributed by atoms with Crippen molar-refractivity contribution in [1.82, 2.24) is 0 Å². The first-order chi connectivity index (χ1) is 9.47. The van der Waals surface area contributed by atoms with Crippen molar-refractivity contribution in [3.8, 4) is 0 Å². The average molecular weight is 277 g/mol. The summed E-state index contributed by atoms with van der Waals surface area (Å²) in [6.07, 6.45) is -1.15. The minimum Gasteiger partial charge on any atom is -0.465 e. The number of benzene rings is 2. The predicted molar refractivity (Wildman–Crippen MR) is 71.7 cm³/mol. The van der Waals surface area contributed by atoms with Gasteiger partial charge in [0.25, 0.3) is 0 Å². The third-order valence-electron chi connectivity index (χ3n) is 2.87. The van der Waals surface area contributed by atoms with Crippen LogP contribution in [0.4, 0.5) is 19.3 Å². The van der Waals surface area contributed by atoms with Crippen LogP contribution in [0.15, 0.2) is 42.5 Å². The molecule has 0 atom stereocenters. The summed E-state index contributed by atoms with van der Waals surface area (Å²) in [5.74, 6) is -1.94. The van der Waals surface area contributed by atoms with E-state index in [-0.39, 0.29) is 6.54 Å². The molecule has 1 amide bonds. The number of hydrogen-bond donors (Lipinski definition) is 1. The topological polar surface area (TPSA) is 40.5 Å². The van der Waals surface area contributed by atoms with E-state index >= 15 is 0 Å². The molecule has 0 spiro atoms. The van der Waals surface area contributed by atoms with E-state index in [9.17, 15) is 18.7 Å². The van der Waals surface area contributed by atoms with Crippen LogP contribution in [0.1, 0.15) is 11.1 Å². The van der Waals surface area contributed by atoms with Gasteiger partial charge in [0.2, 0.25) is 0 Å². The molecule has 0 saturated heterocycles. The fourth-order valence-corrected chi connectivity index (χ4v) is 1.89. The molecule has 0 unspecified atom stereocenters. The number of halogens is 2. The van der Waals surface area contributed by atoms with E-state index in [1.54, 1.807) is 18.2 Å². The van der Waals surface area contributed by atoms with Gasteiger partial charge < -0.3 is 5.11 Å². The van der Waals surface area contributed by atoms with Crippen molar-refractivity contribution in [1.29, 1.82) is 0 Å². The van der Waals surface area contributed by atoms with E-state index in [1.807, 2.05) is 13.0 Å². The zero-order valence-electron chi connectivity index (χ0n) is 10.8. The van der Waals surface area contributed by atoms with Gasteiger partial charge in [-0.05, 0) is 42.3 Å². The Kier molecular flexibility index (Phi) is 3.98. The number of hydrogen-bond acceptors (Lipinski definition) is 1. The normalized spacial score (nSPS) is 10.3. The second kappa shape index (κ2) is 5.69. The number of rotatable bonds is 3. The molecular formula is C15H13F2NO2. The van der Waals surface area contributed by atoms with Gasteiger partial charge in [0.05, 0.1) is 6.54 Å². The van der Waals surface area contributed by atoms with Crippen LogP contribution in [0.25, 0.3) is 0 Å². The van der Waals surface area contributed by atoms with Crippen molar-refractivity contribution in [2.75, 3.05) is 4.90 Å². The van der Waals surface area contributed by atoms with Gasteiger partial charge in [-0.3, -0.25) is 4.90 Å². The summed E-state index contributed by atoms with van der Waals surface area (Å²) < 4.78 is 26.0. The van der Waals surface area contributed by atoms with Crippen molar-refractivity contribution in [3.63, 3.8) is 0 Å². The summed E-state index contributed by atoms with van der Waals surface area (Å²) in [5, 5.41) is 9.26. The largest absolute Gasteiger partial charge is 0.465 e. The van der Waals surface area contributed by atoms with Gasteiger partial charge >= 0.3 is 6.09 Å². The van der Waals surface area contributed by atoms with Crippen LogP contribution in [0, 0.1) is 18.6 Å². The van der Waals surface area contributed by atoms with Crippen LogP contribution in [-0.2, 0) is 6.54 Å². The van der Waals surface area contributed by atoms with Crippen LogP contribution in [0.2, 0.25) is 0 Å². The highest BCUT2D eigenvalue weighted by molar-refractivity contribution is 5.86. The molecule has 5 heteroatoms. The summed E-state index contributed by atoms with van der Waals surface area (Å²) in [6, 6.07) is 10.3. The second-order valence-corrected chi connectivity index (χ2v) is 4.46. The van der Waals surface area contributed by atoms with Crippen molar-refractivity contribution in [2.24, 2.45) is 0 Å². The molecule has 104 valence electrons. The number of nitrogens with zero attached hydrogens (tertiary/aromatic N) is 1. The highest BCUT2D eigenvalue weighted by Crippen LogP contribution is 2.20. The first kappa shape index (κ1) is 14.0. The Morgan fingerprint density at radius 3 is 2.50 bits per heavy atom. The maximum atomic E-state index is 13.2. The van der Waals surface area contributed by atoms with Gasteiger partial charge in [-0.25, -0.2) is 13.6 Å². The quantitative estimate of drug-likeness (QED) is 0.922. The number of carbonyl (C=O) groups is 1. The van der Waals surface area contributed by atoms with E-state index in [0.717, 1.165) is 22.6 Å². The molecule has 0 heterocycles. The van der Waals surface area contributed by atoms with Crippen molar-refractivity contribution >= 4 is 11.8 Å². The summed E-state index contributed by atoms with van der Waals surface area (Å²) in [4.78, 5) is 12.4. The SMILES string of the molecule is Cc1cccc(N(Cc2ccc(F)c(F)c2)C(=O)O)c1. The zero-order valence-corrected chi connectivity index (χ0v) is 10.8. The standard InChI is InChI=1S/C15H13F2NO2/c1-10-3-2-4-12(7-10)18(15(19)20)9-11-5-6-13(16)14(17)8-11/h2-8H,9H2,1H3,(H,19,20). The highest BCUT2D eigenvalue weighted by Gasteiger charge is 2.15. The molecule has 0 aliphatic rings. The monoisotopic (exact) mass is 277 g/mol. The number of carboxylic acid groups (broad SMARTS) is 1. The average Bonchev–Trinajstić information content (AvgIpc) is 2.39. The van der Waals surface area contributed by atoms with Crippen molar-refractivity contribution < 1.29 is 18.7 Å². The molecule has 2 aromatic carbocycles. The summed E-state index contributed by atoms with van der Waals surface area (Å²) >= 11 is 0. The molecule has 0 saturated carbocycles. The molecular weight excluding hydrogens is 264 g/mol. The van der Waals surface area contributed by atoms with Crippen LogP contribution in [0.5, 0.6) is 0 Å². The fourth-order valence-electron chi connectivity index (χ4n) is 1.89. The lowest BCUT2D eigenvalue weighted by Gasteiger charge is -2.20. The van der Waals surface area contributed by atoms with Gasteiger partial charge in [-0.2, -0.15) is 0 Å². The molecule has 1 N–H and O–H groups in total. The fraction of sp³-hybridized carbons (Fsp3) is 0.133. The Bertz CT molecular complexity index is 644. The zero-order chi connectivity index (χ0) is 14.7. The number of anilines is 1. The van der Waals surface area contributed by atoms with Crippen LogP contribution >= 0.6 is 0 Å². The smallest absolute Gasteiger partial charge is 0.412 e. The molecule has 0 aliphatic carbocycles. The molecule has 2 aromatic rings. The first-order valence-electron chi connectivity index (χ1n) is 5.98. The Hall–Kier alpha value is -2.43. The van der Waals surface area contributed by atoms with Gasteiger partial charge in [0, 0.05) is 5.69 Å². The van der Waals surface area contributed by atoms with Crippen LogP contribution in [0.3, 0.4) is 0 Å². The second-order valence-electron chi connectivity index (χ2n) is 4.46. The van der Waals surface area contributed by atoms with Crippen molar-refractivity contribution in [3.05, 3.63) is 65.2 Å². The maximum Gasteiger partial charge on any atom is 0.412 e. The third kappa shape index (κ3) is 3.12. The minimum atomic E-state index is -1.15. The lowest BCUT2D eigenvalue weighted by atomic mass is 10.1. The van der Waals surface area contributed by atoms with E-state index < -0.39 is 17.7 Å². The molecule has 2 rings (SSSR count). The van der Waals surface area contributed by atoms with E-state index in [4.69, 9.17) is 0 Å². The van der Waals surface area contributed by atoms with E-state index in [2.05, 4.69) is 0 Å². The lowest BCUT2D eigenvalue weighted by molar-refractivity contribution is 0.201. The summed E-state index contributed by atoms with van der Waals surface area (Å²) in [7, 11) is 0. The van der Waals surface area contributed by atoms with Gasteiger partial charge in [0.1, 0.15) is 0 Å². The predicted octanol–water partition coefficient (Wildman–Crippen LogP) is 3.96. The molecule has 0 fully saturated rings. The minimum absolute atomic E-state index is 0.0456. The van der Waals surface area contributed by atoms with Crippen LogP contribution < -0.4 is 4.90 Å². The Morgan fingerprint density at radius 2 is 1.90 bits per heavy atom. The molecule has 3 nitrogen and oxygen atoms in total. The number of aryl methyl sites for hydroxylation is 1. The maximum absolute atomic E-state index is 13.2. The van der Waals surface area contributed by atoms with E-state index in [0.29, 0.717) is 11.3 Å². The Balaban J connectivity index is 2.30. The molecule has 0 bridgehead atoms. The first-order valence-corrected chi connectivity index (χ1v) is 5.98. The third-order valence-corrected chi connectivity index (χ3v) is 2.87. The number of amides is 1. The van der Waals surface area contributed by atoms with Gasteiger partial charge in [-0.15, -0.1) is 0 Å². The molecule has 20 heavy (non-hydrogen) atoms. The Morgan fingerprint density at radius 1 is 1.15 bits per heavy atom. The summed E-state index contributed by atoms with van der Waals surface area (Å²) in [6.45, 7) is 1.80. The van der Waals surface area contributed by atoms with E-state index in [1.165, 1.54) is 6.07 Å². The van der Waals surface area contributed by atoms with Gasteiger partial charge in [0.15, 0.2) is 11.6 Å². The Labute approximate surface area is 115 Å². The summed E-state index contributed by atoms with van der Waals surface area (Å²) in [5.41, 5.74) is 1.79. The van der Waals surface area contributed by atoms with Gasteiger partial charge in [-0.1, -0.05) is 18.2 Å². The van der Waals surface area contributed by atoms with Crippen molar-refractivity contribution in [2.45, 2.75) is 13.5 Å². The molecule has 0 aromatic heterocycles. The highest BCUT2D eigenvalue weighted by atomic mass is 19.2. The molecule has 0 aliphatic heterocycles. The van der Waals surface area contributed by atoms with Crippen LogP contribution in [-0.4, -0.2) is 11.2 Å². The molecule has 0 radical (unpaired) electrons. The lowest BCUT2D eigenvalue weighted by Crippen LogP contribution is -2.28.